The average molecular weight is 315 g/mol. The van der Waals surface area contributed by atoms with Crippen molar-refractivity contribution in [2.45, 2.75) is 39.0 Å². The van der Waals surface area contributed by atoms with Crippen molar-refractivity contribution in [3.8, 4) is 0 Å². The summed E-state index contributed by atoms with van der Waals surface area (Å²) >= 11 is 3.33. The number of hydrogen-bond acceptors (Lipinski definition) is 3. The van der Waals surface area contributed by atoms with Gasteiger partial charge in [-0.25, -0.2) is 4.98 Å². The Balaban J connectivity index is 2.32. The Morgan fingerprint density at radius 2 is 2.22 bits per heavy atom. The van der Waals surface area contributed by atoms with Gasteiger partial charge in [0.1, 0.15) is 10.3 Å². The summed E-state index contributed by atoms with van der Waals surface area (Å²) in [6.45, 7) is 7.76. The van der Waals surface area contributed by atoms with E-state index < -0.39 is 0 Å². The highest BCUT2D eigenvalue weighted by Gasteiger charge is 2.23. The second kappa shape index (κ2) is 5.13. The number of aromatic amines is 1. The second-order valence-electron chi connectivity index (χ2n) is 5.86. The molecule has 0 bridgehead atoms. The maximum atomic E-state index is 11.9. The van der Waals surface area contributed by atoms with E-state index in [0.717, 1.165) is 37.6 Å². The Labute approximate surface area is 115 Å². The fraction of sp³-hybridized carbons (Fsp3) is 0.692. The molecule has 5 heteroatoms. The van der Waals surface area contributed by atoms with Gasteiger partial charge in [-0.05, 0) is 28.3 Å². The smallest absolute Gasteiger partial charge is 0.265 e. The van der Waals surface area contributed by atoms with Crippen LogP contribution >= 0.6 is 15.9 Å². The van der Waals surface area contributed by atoms with Crippen LogP contribution in [-0.4, -0.2) is 23.2 Å². The Morgan fingerprint density at radius 3 is 2.78 bits per heavy atom. The van der Waals surface area contributed by atoms with Crippen LogP contribution in [0.4, 0.5) is 0 Å². The molecular weight excluding hydrogens is 296 g/mol. The van der Waals surface area contributed by atoms with Gasteiger partial charge in [-0.15, -0.1) is 0 Å². The van der Waals surface area contributed by atoms with Crippen LogP contribution in [0.2, 0.25) is 0 Å². The standard InChI is InChI=1S/C13H19BrN2O2/c1-13(2,3)11-10(14)12(17)16-9(15-11)6-8-4-5-18-7-8/h8H,4-7H2,1-3H3,(H,15,16,17). The van der Waals surface area contributed by atoms with E-state index in [9.17, 15) is 4.79 Å². The van der Waals surface area contributed by atoms with Crippen LogP contribution in [0.15, 0.2) is 9.27 Å². The summed E-state index contributed by atoms with van der Waals surface area (Å²) in [4.78, 5) is 19.4. The molecule has 1 saturated heterocycles. The predicted molar refractivity (Wildman–Crippen MR) is 73.9 cm³/mol. The molecular formula is C13H19BrN2O2. The molecule has 1 atom stereocenters. The molecule has 1 aliphatic heterocycles. The Kier molecular flexibility index (Phi) is 3.92. The van der Waals surface area contributed by atoms with Gasteiger partial charge in [0.25, 0.3) is 5.56 Å². The van der Waals surface area contributed by atoms with Crippen LogP contribution < -0.4 is 5.56 Å². The summed E-state index contributed by atoms with van der Waals surface area (Å²) in [5, 5.41) is 0. The third kappa shape index (κ3) is 3.01. The van der Waals surface area contributed by atoms with E-state index in [-0.39, 0.29) is 11.0 Å². The highest BCUT2D eigenvalue weighted by atomic mass is 79.9. The topological polar surface area (TPSA) is 55.0 Å². The van der Waals surface area contributed by atoms with E-state index in [4.69, 9.17) is 4.74 Å². The van der Waals surface area contributed by atoms with Gasteiger partial charge in [0.2, 0.25) is 0 Å². The van der Waals surface area contributed by atoms with Crippen LogP contribution in [0.25, 0.3) is 0 Å². The summed E-state index contributed by atoms with van der Waals surface area (Å²) in [5.74, 6) is 1.24. The lowest BCUT2D eigenvalue weighted by Gasteiger charge is -2.20. The fourth-order valence-electron chi connectivity index (χ4n) is 2.12. The van der Waals surface area contributed by atoms with Gasteiger partial charge in [0.05, 0.1) is 5.69 Å². The third-order valence-electron chi connectivity index (χ3n) is 3.13. The number of hydrogen-bond donors (Lipinski definition) is 1. The summed E-state index contributed by atoms with van der Waals surface area (Å²) in [6, 6.07) is 0. The zero-order valence-corrected chi connectivity index (χ0v) is 12.6. The monoisotopic (exact) mass is 314 g/mol. The zero-order chi connectivity index (χ0) is 13.3. The van der Waals surface area contributed by atoms with Gasteiger partial charge in [-0.3, -0.25) is 4.79 Å². The van der Waals surface area contributed by atoms with Gasteiger partial charge in [-0.2, -0.15) is 0 Å². The largest absolute Gasteiger partial charge is 0.381 e. The van der Waals surface area contributed by atoms with Crippen molar-refractivity contribution in [3.05, 3.63) is 26.3 Å². The first-order valence-electron chi connectivity index (χ1n) is 6.25. The highest BCUT2D eigenvalue weighted by molar-refractivity contribution is 9.10. The van der Waals surface area contributed by atoms with Gasteiger partial charge in [0, 0.05) is 25.0 Å². The van der Waals surface area contributed by atoms with Crippen LogP contribution in [-0.2, 0) is 16.6 Å². The molecule has 0 radical (unpaired) electrons. The van der Waals surface area contributed by atoms with Crippen LogP contribution in [0.3, 0.4) is 0 Å². The van der Waals surface area contributed by atoms with Crippen molar-refractivity contribution in [3.63, 3.8) is 0 Å². The zero-order valence-electron chi connectivity index (χ0n) is 11.0. The maximum Gasteiger partial charge on any atom is 0.265 e. The summed E-state index contributed by atoms with van der Waals surface area (Å²) < 4.78 is 5.89. The lowest BCUT2D eigenvalue weighted by atomic mass is 9.92. The number of nitrogens with one attached hydrogen (secondary N) is 1. The predicted octanol–water partition coefficient (Wildman–Crippen LogP) is 2.41. The molecule has 0 aromatic carbocycles. The summed E-state index contributed by atoms with van der Waals surface area (Å²) in [6.07, 6.45) is 1.83. The first-order valence-corrected chi connectivity index (χ1v) is 7.04. The van der Waals surface area contributed by atoms with Crippen LogP contribution in [0.1, 0.15) is 38.7 Å². The minimum atomic E-state index is -0.145. The summed E-state index contributed by atoms with van der Waals surface area (Å²) in [5.41, 5.74) is 0.581. The van der Waals surface area contributed by atoms with E-state index in [1.165, 1.54) is 0 Å². The van der Waals surface area contributed by atoms with Gasteiger partial charge < -0.3 is 9.72 Å². The van der Waals surface area contributed by atoms with Crippen molar-refractivity contribution in [2.75, 3.05) is 13.2 Å². The quantitative estimate of drug-likeness (QED) is 0.912. The molecule has 4 nitrogen and oxygen atoms in total. The third-order valence-corrected chi connectivity index (χ3v) is 3.86. The van der Waals surface area contributed by atoms with Gasteiger partial charge >= 0.3 is 0 Å². The maximum absolute atomic E-state index is 11.9. The van der Waals surface area contributed by atoms with E-state index in [2.05, 4.69) is 46.7 Å². The minimum absolute atomic E-state index is 0.0937. The highest BCUT2D eigenvalue weighted by Crippen LogP contribution is 2.26. The number of H-pyrrole nitrogens is 1. The molecule has 2 heterocycles. The second-order valence-corrected chi connectivity index (χ2v) is 6.65. The van der Waals surface area contributed by atoms with Gasteiger partial charge in [0.15, 0.2) is 0 Å². The van der Waals surface area contributed by atoms with Crippen molar-refractivity contribution in [2.24, 2.45) is 5.92 Å². The molecule has 2 rings (SSSR count). The van der Waals surface area contributed by atoms with E-state index in [0.29, 0.717) is 10.4 Å². The first-order chi connectivity index (χ1) is 8.38. The van der Waals surface area contributed by atoms with E-state index >= 15 is 0 Å². The molecule has 1 aliphatic rings. The molecule has 1 fully saturated rings. The molecule has 18 heavy (non-hydrogen) atoms. The van der Waals surface area contributed by atoms with Crippen molar-refractivity contribution in [1.29, 1.82) is 0 Å². The molecule has 100 valence electrons. The lowest BCUT2D eigenvalue weighted by Crippen LogP contribution is -2.24. The Morgan fingerprint density at radius 1 is 1.50 bits per heavy atom. The average Bonchev–Trinajstić information content (AvgIpc) is 2.74. The number of halogens is 1. The SMILES string of the molecule is CC(C)(C)c1nc(CC2CCOC2)[nH]c(=O)c1Br. The van der Waals surface area contributed by atoms with Crippen LogP contribution in [0.5, 0.6) is 0 Å². The summed E-state index contributed by atoms with van der Waals surface area (Å²) in [7, 11) is 0. The molecule has 0 amide bonds. The number of nitrogens with zero attached hydrogens (tertiary/aromatic N) is 1. The van der Waals surface area contributed by atoms with Crippen molar-refractivity contribution >= 4 is 15.9 Å². The molecule has 1 N–H and O–H groups in total. The molecule has 1 unspecified atom stereocenters. The molecule has 0 saturated carbocycles. The van der Waals surface area contributed by atoms with Crippen molar-refractivity contribution < 1.29 is 4.74 Å². The molecule has 1 aromatic rings. The number of ether oxygens (including phenoxy) is 1. The molecule has 0 aliphatic carbocycles. The lowest BCUT2D eigenvalue weighted by molar-refractivity contribution is 0.185. The van der Waals surface area contributed by atoms with Crippen LogP contribution in [0, 0.1) is 5.92 Å². The van der Waals surface area contributed by atoms with E-state index in [1.54, 1.807) is 0 Å². The van der Waals surface area contributed by atoms with Crippen molar-refractivity contribution in [1.82, 2.24) is 9.97 Å². The Hall–Kier alpha value is -0.680. The normalized spacial score (nSPS) is 20.3. The molecule has 1 aromatic heterocycles. The Bertz CT molecular complexity index is 485. The minimum Gasteiger partial charge on any atom is -0.381 e. The molecule has 0 spiro atoms. The number of rotatable bonds is 2. The first kappa shape index (κ1) is 13.7. The van der Waals surface area contributed by atoms with E-state index in [1.807, 2.05) is 0 Å². The number of aromatic nitrogens is 2. The fourth-order valence-corrected chi connectivity index (χ4v) is 2.90. The van der Waals surface area contributed by atoms with Gasteiger partial charge in [-0.1, -0.05) is 20.8 Å².